The van der Waals surface area contributed by atoms with E-state index in [1.165, 1.54) is 0 Å². The van der Waals surface area contributed by atoms with Crippen LogP contribution in [0.5, 0.6) is 0 Å². The SMILES string of the molecule is O=C(Nc1cc(Cl)ccc1Cl)c1cc(NCc2ccccn2)ccn1. The molecule has 7 heteroatoms. The van der Waals surface area contributed by atoms with Gasteiger partial charge in [-0.3, -0.25) is 14.8 Å². The summed E-state index contributed by atoms with van der Waals surface area (Å²) in [7, 11) is 0. The highest BCUT2D eigenvalue weighted by Crippen LogP contribution is 2.25. The van der Waals surface area contributed by atoms with E-state index in [2.05, 4.69) is 20.6 Å². The number of carbonyl (C=O) groups is 1. The molecule has 0 atom stereocenters. The number of anilines is 2. The van der Waals surface area contributed by atoms with Crippen LogP contribution in [0.3, 0.4) is 0 Å². The van der Waals surface area contributed by atoms with E-state index in [1.807, 2.05) is 18.2 Å². The van der Waals surface area contributed by atoms with Crippen LogP contribution >= 0.6 is 23.2 Å². The Bertz CT molecular complexity index is 887. The van der Waals surface area contributed by atoms with Crippen LogP contribution < -0.4 is 10.6 Å². The van der Waals surface area contributed by atoms with E-state index in [4.69, 9.17) is 23.2 Å². The zero-order valence-electron chi connectivity index (χ0n) is 13.0. The summed E-state index contributed by atoms with van der Waals surface area (Å²) in [6.07, 6.45) is 3.30. The Kier molecular flexibility index (Phi) is 5.48. The molecule has 0 saturated heterocycles. The lowest BCUT2D eigenvalue weighted by Gasteiger charge is -2.09. The van der Waals surface area contributed by atoms with Crippen LogP contribution in [0, 0.1) is 0 Å². The van der Waals surface area contributed by atoms with Crippen molar-refractivity contribution in [1.29, 1.82) is 0 Å². The van der Waals surface area contributed by atoms with E-state index in [0.29, 0.717) is 22.3 Å². The number of aromatic nitrogens is 2. The number of benzene rings is 1. The summed E-state index contributed by atoms with van der Waals surface area (Å²) in [6.45, 7) is 0.548. The second kappa shape index (κ2) is 7.96. The Morgan fingerprint density at radius 2 is 1.88 bits per heavy atom. The van der Waals surface area contributed by atoms with E-state index < -0.39 is 0 Å². The molecule has 1 amide bonds. The summed E-state index contributed by atoms with van der Waals surface area (Å²) >= 11 is 12.0. The van der Waals surface area contributed by atoms with E-state index in [1.54, 1.807) is 42.7 Å². The van der Waals surface area contributed by atoms with Crippen molar-refractivity contribution in [3.05, 3.63) is 82.4 Å². The summed E-state index contributed by atoms with van der Waals surface area (Å²) in [5.41, 5.74) is 2.37. The molecular formula is C18H14Cl2N4O. The van der Waals surface area contributed by atoms with Crippen LogP contribution in [-0.4, -0.2) is 15.9 Å². The van der Waals surface area contributed by atoms with Gasteiger partial charge in [-0.1, -0.05) is 29.3 Å². The number of pyridine rings is 2. The topological polar surface area (TPSA) is 66.9 Å². The Labute approximate surface area is 155 Å². The molecule has 5 nitrogen and oxygen atoms in total. The normalized spacial score (nSPS) is 10.3. The summed E-state index contributed by atoms with van der Waals surface area (Å²) in [5, 5.41) is 6.81. The number of hydrogen-bond acceptors (Lipinski definition) is 4. The first-order valence-corrected chi connectivity index (χ1v) is 8.23. The fourth-order valence-corrected chi connectivity index (χ4v) is 2.48. The number of amides is 1. The average molecular weight is 373 g/mol. The van der Waals surface area contributed by atoms with Crippen molar-refractivity contribution in [2.75, 3.05) is 10.6 Å². The molecule has 0 bridgehead atoms. The van der Waals surface area contributed by atoms with E-state index in [9.17, 15) is 4.79 Å². The standard InChI is InChI=1S/C18H14Cl2N4O/c19-12-4-5-15(20)16(9-12)24-18(25)17-10-13(6-8-22-17)23-11-14-3-1-2-7-21-14/h1-10H,11H2,(H,22,23)(H,24,25). The highest BCUT2D eigenvalue weighted by molar-refractivity contribution is 6.35. The van der Waals surface area contributed by atoms with Crippen molar-refractivity contribution in [3.63, 3.8) is 0 Å². The lowest BCUT2D eigenvalue weighted by molar-refractivity contribution is 0.102. The first kappa shape index (κ1) is 17.2. The maximum atomic E-state index is 12.4. The van der Waals surface area contributed by atoms with Crippen molar-refractivity contribution in [2.45, 2.75) is 6.54 Å². The van der Waals surface area contributed by atoms with Crippen LogP contribution in [0.1, 0.15) is 16.2 Å². The molecule has 1 aromatic carbocycles. The van der Waals surface area contributed by atoms with Crippen molar-refractivity contribution < 1.29 is 4.79 Å². The molecule has 0 radical (unpaired) electrons. The van der Waals surface area contributed by atoms with Gasteiger partial charge >= 0.3 is 0 Å². The number of carbonyl (C=O) groups excluding carboxylic acids is 1. The van der Waals surface area contributed by atoms with Gasteiger partial charge in [0.05, 0.1) is 22.9 Å². The zero-order chi connectivity index (χ0) is 17.6. The fourth-order valence-electron chi connectivity index (χ4n) is 2.14. The van der Waals surface area contributed by atoms with Crippen LogP contribution in [0.15, 0.2) is 60.9 Å². The third-order valence-electron chi connectivity index (χ3n) is 3.37. The Balaban J connectivity index is 1.70. The highest BCUT2D eigenvalue weighted by atomic mass is 35.5. The summed E-state index contributed by atoms with van der Waals surface area (Å²) in [4.78, 5) is 20.7. The van der Waals surface area contributed by atoms with Gasteiger partial charge in [-0.05, 0) is 42.5 Å². The molecule has 0 unspecified atom stereocenters. The van der Waals surface area contributed by atoms with Crippen LogP contribution in [0.25, 0.3) is 0 Å². The summed E-state index contributed by atoms with van der Waals surface area (Å²) < 4.78 is 0. The second-order valence-corrected chi connectivity index (χ2v) is 6.03. The number of nitrogens with zero attached hydrogens (tertiary/aromatic N) is 2. The second-order valence-electron chi connectivity index (χ2n) is 5.18. The predicted molar refractivity (Wildman–Crippen MR) is 100 cm³/mol. The quantitative estimate of drug-likeness (QED) is 0.683. The van der Waals surface area contributed by atoms with Gasteiger partial charge in [0, 0.05) is 23.1 Å². The van der Waals surface area contributed by atoms with Gasteiger partial charge < -0.3 is 10.6 Å². The van der Waals surface area contributed by atoms with Gasteiger partial charge in [-0.25, -0.2) is 0 Å². The van der Waals surface area contributed by atoms with Gasteiger partial charge in [0.25, 0.3) is 5.91 Å². The molecule has 3 rings (SSSR count). The molecule has 0 fully saturated rings. The smallest absolute Gasteiger partial charge is 0.274 e. The average Bonchev–Trinajstić information content (AvgIpc) is 2.64. The molecule has 0 aliphatic heterocycles. The maximum Gasteiger partial charge on any atom is 0.274 e. The monoisotopic (exact) mass is 372 g/mol. The number of nitrogens with one attached hydrogen (secondary N) is 2. The van der Waals surface area contributed by atoms with Crippen LogP contribution in [0.2, 0.25) is 10.0 Å². The molecular weight excluding hydrogens is 359 g/mol. The third kappa shape index (κ3) is 4.68. The minimum Gasteiger partial charge on any atom is -0.379 e. The minimum absolute atomic E-state index is 0.266. The predicted octanol–water partition coefficient (Wildman–Crippen LogP) is 4.65. The molecule has 0 aliphatic rings. The zero-order valence-corrected chi connectivity index (χ0v) is 14.6. The van der Waals surface area contributed by atoms with Crippen molar-refractivity contribution >= 4 is 40.5 Å². The lowest BCUT2D eigenvalue weighted by Crippen LogP contribution is -2.14. The molecule has 0 spiro atoms. The molecule has 0 aliphatic carbocycles. The highest BCUT2D eigenvalue weighted by Gasteiger charge is 2.11. The third-order valence-corrected chi connectivity index (χ3v) is 3.93. The van der Waals surface area contributed by atoms with Crippen molar-refractivity contribution in [3.8, 4) is 0 Å². The van der Waals surface area contributed by atoms with Gasteiger partial charge in [0.1, 0.15) is 5.69 Å². The van der Waals surface area contributed by atoms with E-state index >= 15 is 0 Å². The molecule has 2 aromatic heterocycles. The van der Waals surface area contributed by atoms with Crippen LogP contribution in [-0.2, 0) is 6.54 Å². The fraction of sp³-hybridized carbons (Fsp3) is 0.0556. The Morgan fingerprint density at radius 1 is 1.00 bits per heavy atom. The maximum absolute atomic E-state index is 12.4. The first-order chi connectivity index (χ1) is 12.1. The molecule has 2 heterocycles. The molecule has 2 N–H and O–H groups in total. The number of hydrogen-bond donors (Lipinski definition) is 2. The van der Waals surface area contributed by atoms with Gasteiger partial charge in [0.15, 0.2) is 0 Å². The number of rotatable bonds is 5. The van der Waals surface area contributed by atoms with E-state index in [0.717, 1.165) is 11.4 Å². The first-order valence-electron chi connectivity index (χ1n) is 7.48. The largest absolute Gasteiger partial charge is 0.379 e. The molecule has 126 valence electrons. The van der Waals surface area contributed by atoms with Crippen LogP contribution in [0.4, 0.5) is 11.4 Å². The van der Waals surface area contributed by atoms with Gasteiger partial charge in [0.2, 0.25) is 0 Å². The summed E-state index contributed by atoms with van der Waals surface area (Å²) in [5.74, 6) is -0.370. The van der Waals surface area contributed by atoms with Crippen molar-refractivity contribution in [1.82, 2.24) is 9.97 Å². The van der Waals surface area contributed by atoms with Gasteiger partial charge in [-0.2, -0.15) is 0 Å². The Morgan fingerprint density at radius 3 is 2.68 bits per heavy atom. The van der Waals surface area contributed by atoms with E-state index in [-0.39, 0.29) is 11.6 Å². The van der Waals surface area contributed by atoms with Gasteiger partial charge in [-0.15, -0.1) is 0 Å². The molecule has 3 aromatic rings. The lowest BCUT2D eigenvalue weighted by atomic mass is 10.2. The molecule has 25 heavy (non-hydrogen) atoms. The minimum atomic E-state index is -0.370. The molecule has 0 saturated carbocycles. The Hall–Kier alpha value is -2.63. The summed E-state index contributed by atoms with van der Waals surface area (Å²) in [6, 6.07) is 14.0. The number of halogens is 2. The van der Waals surface area contributed by atoms with Crippen molar-refractivity contribution in [2.24, 2.45) is 0 Å².